The van der Waals surface area contributed by atoms with Gasteiger partial charge in [0.15, 0.2) is 6.29 Å². The number of aliphatic hydroxyl groups is 1. The topological polar surface area (TPSA) is 92.0 Å². The van der Waals surface area contributed by atoms with Crippen LogP contribution in [0.3, 0.4) is 0 Å². The maximum absolute atomic E-state index is 12.9. The summed E-state index contributed by atoms with van der Waals surface area (Å²) in [6.45, 7) is 14.0. The molecule has 6 saturated carbocycles. The second-order valence-corrected chi connectivity index (χ2v) is 17.9. The first-order valence-electron chi connectivity index (χ1n) is 18.2. The summed E-state index contributed by atoms with van der Waals surface area (Å²) in [5.41, 5.74) is 0.560. The summed E-state index contributed by atoms with van der Waals surface area (Å²) in [7, 11) is 0. The van der Waals surface area contributed by atoms with Gasteiger partial charge in [0.2, 0.25) is 5.91 Å². The number of carbonyl (C=O) groups excluding carboxylic acids is 1. The van der Waals surface area contributed by atoms with E-state index in [9.17, 15) is 15.2 Å². The van der Waals surface area contributed by atoms with Gasteiger partial charge in [-0.05, 0) is 115 Å². The highest BCUT2D eigenvalue weighted by atomic mass is 16.7. The van der Waals surface area contributed by atoms with Crippen LogP contribution in [0.5, 0.6) is 0 Å². The molecule has 0 bridgehead atoms. The molecule has 8 unspecified atom stereocenters. The summed E-state index contributed by atoms with van der Waals surface area (Å²) in [4.78, 5) is 14.8. The molecule has 8 aliphatic rings. The Morgan fingerprint density at radius 3 is 2.55 bits per heavy atom. The van der Waals surface area contributed by atoms with Gasteiger partial charge in [-0.1, -0.05) is 34.6 Å². The van der Waals surface area contributed by atoms with Crippen molar-refractivity contribution in [3.8, 4) is 6.07 Å². The highest BCUT2D eigenvalue weighted by Crippen LogP contribution is 2.89. The molecule has 0 aromatic rings. The van der Waals surface area contributed by atoms with E-state index < -0.39 is 6.10 Å². The van der Waals surface area contributed by atoms with Crippen molar-refractivity contribution in [3.63, 3.8) is 0 Å². The molecule has 13 atom stereocenters. The predicted molar refractivity (Wildman–Crippen MR) is 165 cm³/mol. The molecule has 2 spiro atoms. The van der Waals surface area contributed by atoms with Crippen molar-refractivity contribution in [1.82, 2.24) is 4.90 Å². The minimum absolute atomic E-state index is 0.0302. The van der Waals surface area contributed by atoms with Crippen LogP contribution in [0, 0.1) is 68.0 Å². The lowest BCUT2D eigenvalue weighted by molar-refractivity contribution is -0.248. The quantitative estimate of drug-likeness (QED) is 0.407. The summed E-state index contributed by atoms with van der Waals surface area (Å²) in [5.74, 6) is 2.80. The number of ether oxygens (including phenoxy) is 3. The van der Waals surface area contributed by atoms with Crippen LogP contribution in [0.2, 0.25) is 0 Å². The zero-order valence-electron chi connectivity index (χ0n) is 27.9. The third kappa shape index (κ3) is 3.90. The fourth-order valence-electron chi connectivity index (χ4n) is 13.7. The van der Waals surface area contributed by atoms with E-state index >= 15 is 0 Å². The average molecular weight is 609 g/mol. The van der Waals surface area contributed by atoms with E-state index in [1.54, 1.807) is 0 Å². The molecule has 6 aliphatic carbocycles. The standard InChI is InChI=1S/C37H56N2O5/c1-22-18-24(11-15-38)43-31-30(22)34(4)13-14-37-21-36(37)12-10-27(33(2,3)25(36)8-9-26(37)35(34,5)32(31)41)44-29-20-39(16-17-42-29)28(40)19-23-6-7-23/h22-27,29-32,41H,6-14,16-21H2,1-5H3/t22-,24?,25?,26?,27?,29+,30+,31?,32+,34?,35-,36?,37?/m1/s1. The Hall–Kier alpha value is -1.20. The molecule has 0 radical (unpaired) electrons. The Morgan fingerprint density at radius 1 is 1.05 bits per heavy atom. The van der Waals surface area contributed by atoms with Crippen LogP contribution >= 0.6 is 0 Å². The Kier molecular flexibility index (Phi) is 6.79. The van der Waals surface area contributed by atoms with Crippen molar-refractivity contribution < 1.29 is 24.1 Å². The number of nitrogens with zero attached hydrogens (tertiary/aromatic N) is 2. The molecule has 8 fully saturated rings. The van der Waals surface area contributed by atoms with Gasteiger partial charge in [-0.25, -0.2) is 0 Å². The predicted octanol–water partition coefficient (Wildman–Crippen LogP) is 6.08. The number of nitriles is 1. The van der Waals surface area contributed by atoms with E-state index in [1.807, 2.05) is 4.90 Å². The molecule has 0 aromatic carbocycles. The lowest BCUT2D eigenvalue weighted by atomic mass is 9.41. The largest absolute Gasteiger partial charge is 0.390 e. The average Bonchev–Trinajstić information content (AvgIpc) is 3.90. The molecule has 7 heteroatoms. The summed E-state index contributed by atoms with van der Waals surface area (Å²) in [6, 6.07) is 2.33. The molecule has 8 rings (SSSR count). The van der Waals surface area contributed by atoms with E-state index in [0.717, 1.165) is 12.8 Å². The van der Waals surface area contributed by atoms with Crippen molar-refractivity contribution in [2.24, 2.45) is 56.7 Å². The van der Waals surface area contributed by atoms with Crippen LogP contribution in [-0.4, -0.2) is 66.3 Å². The van der Waals surface area contributed by atoms with E-state index in [-0.39, 0.29) is 46.8 Å². The molecule has 7 nitrogen and oxygen atoms in total. The summed E-state index contributed by atoms with van der Waals surface area (Å²) in [6.07, 6.45) is 11.9. The molecule has 2 saturated heterocycles. The van der Waals surface area contributed by atoms with Crippen LogP contribution < -0.4 is 0 Å². The van der Waals surface area contributed by atoms with Crippen LogP contribution in [-0.2, 0) is 19.0 Å². The van der Waals surface area contributed by atoms with Gasteiger partial charge in [-0.2, -0.15) is 5.26 Å². The number of hydrogen-bond donors (Lipinski definition) is 1. The summed E-state index contributed by atoms with van der Waals surface area (Å²) in [5, 5.41) is 21.7. The zero-order chi connectivity index (χ0) is 30.9. The first-order chi connectivity index (χ1) is 20.9. The molecular weight excluding hydrogens is 552 g/mol. The van der Waals surface area contributed by atoms with Crippen molar-refractivity contribution in [2.75, 3.05) is 19.7 Å². The molecule has 2 aliphatic heterocycles. The Morgan fingerprint density at radius 2 is 1.80 bits per heavy atom. The number of amides is 1. The van der Waals surface area contributed by atoms with Crippen LogP contribution in [0.4, 0.5) is 0 Å². The Balaban J connectivity index is 1.01. The lowest BCUT2D eigenvalue weighted by Crippen LogP contribution is -2.60. The number of morpholine rings is 1. The second-order valence-electron chi connectivity index (χ2n) is 17.9. The maximum Gasteiger partial charge on any atom is 0.223 e. The normalized spacial score (nSPS) is 53.8. The second kappa shape index (κ2) is 9.91. The van der Waals surface area contributed by atoms with Crippen LogP contribution in [0.25, 0.3) is 0 Å². The van der Waals surface area contributed by atoms with Crippen molar-refractivity contribution in [3.05, 3.63) is 0 Å². The Bertz CT molecular complexity index is 1230. The zero-order valence-corrected chi connectivity index (χ0v) is 27.9. The molecule has 0 aromatic heterocycles. The number of aliphatic hydroxyl groups excluding tert-OH is 1. The fourth-order valence-corrected chi connectivity index (χ4v) is 13.7. The Labute approximate surface area is 264 Å². The van der Waals surface area contributed by atoms with Crippen LogP contribution in [0.1, 0.15) is 112 Å². The number of hydrogen-bond acceptors (Lipinski definition) is 6. The molecule has 44 heavy (non-hydrogen) atoms. The lowest BCUT2D eigenvalue weighted by Gasteiger charge is -2.64. The number of carbonyl (C=O) groups is 1. The van der Waals surface area contributed by atoms with E-state index in [2.05, 4.69) is 40.7 Å². The van der Waals surface area contributed by atoms with Gasteiger partial charge in [0.05, 0.1) is 50.1 Å². The van der Waals surface area contributed by atoms with E-state index in [1.165, 1.54) is 51.4 Å². The van der Waals surface area contributed by atoms with Crippen molar-refractivity contribution in [1.29, 1.82) is 5.26 Å². The molecule has 244 valence electrons. The first kappa shape index (κ1) is 30.2. The molecule has 1 amide bonds. The van der Waals surface area contributed by atoms with Gasteiger partial charge < -0.3 is 24.2 Å². The van der Waals surface area contributed by atoms with Crippen molar-refractivity contribution in [2.45, 2.75) is 142 Å². The van der Waals surface area contributed by atoms with Gasteiger partial charge in [-0.3, -0.25) is 4.79 Å². The third-order valence-electron chi connectivity index (χ3n) is 16.0. The van der Waals surface area contributed by atoms with Gasteiger partial charge in [-0.15, -0.1) is 0 Å². The smallest absolute Gasteiger partial charge is 0.223 e. The third-order valence-corrected chi connectivity index (χ3v) is 16.0. The number of rotatable bonds is 5. The SMILES string of the molecule is C[C@@H]1CC(CC#N)OC2[C@H]1C1(C)CCC34CC35CCC(O[C@H]3CN(C(=O)CC6CC6)CCO3)C(C)(C)C5CCC4[C@]1(C)[C@H]2O. The summed E-state index contributed by atoms with van der Waals surface area (Å²) >= 11 is 0. The monoisotopic (exact) mass is 608 g/mol. The summed E-state index contributed by atoms with van der Waals surface area (Å²) < 4.78 is 19.6. The van der Waals surface area contributed by atoms with Gasteiger partial charge in [0.1, 0.15) is 0 Å². The van der Waals surface area contributed by atoms with E-state index in [4.69, 9.17) is 14.2 Å². The van der Waals surface area contributed by atoms with Crippen molar-refractivity contribution >= 4 is 5.91 Å². The first-order valence-corrected chi connectivity index (χ1v) is 18.2. The minimum atomic E-state index is -0.473. The maximum atomic E-state index is 12.9. The van der Waals surface area contributed by atoms with Gasteiger partial charge in [0.25, 0.3) is 0 Å². The minimum Gasteiger partial charge on any atom is -0.390 e. The van der Waals surface area contributed by atoms with Gasteiger partial charge >= 0.3 is 0 Å². The number of fused-ring (bicyclic) bond motifs is 4. The van der Waals surface area contributed by atoms with E-state index in [0.29, 0.717) is 73.0 Å². The highest BCUT2D eigenvalue weighted by Gasteiger charge is 2.84. The van der Waals surface area contributed by atoms with Gasteiger partial charge in [0, 0.05) is 18.4 Å². The molecule has 2 heterocycles. The molecule has 1 N–H and O–H groups in total. The molecular formula is C37H56N2O5. The van der Waals surface area contributed by atoms with Crippen LogP contribution in [0.15, 0.2) is 0 Å². The fraction of sp³-hybridized carbons (Fsp3) is 0.946. The highest BCUT2D eigenvalue weighted by molar-refractivity contribution is 5.76.